The zero-order valence-corrected chi connectivity index (χ0v) is 10.0. The number of aryl methyl sites for hydroxylation is 1. The lowest BCUT2D eigenvalue weighted by atomic mass is 9.94. The second-order valence-corrected chi connectivity index (χ2v) is 4.50. The largest absolute Gasteiger partial charge is 0.477 e. The van der Waals surface area contributed by atoms with E-state index in [1.807, 2.05) is 6.92 Å². The van der Waals surface area contributed by atoms with Crippen LogP contribution in [-0.2, 0) is 19.4 Å². The second-order valence-electron chi connectivity index (χ2n) is 4.50. The van der Waals surface area contributed by atoms with E-state index in [-0.39, 0.29) is 11.1 Å². The molecule has 0 saturated carbocycles. The van der Waals surface area contributed by atoms with Gasteiger partial charge in [-0.15, -0.1) is 0 Å². The zero-order valence-electron chi connectivity index (χ0n) is 10.0. The summed E-state index contributed by atoms with van der Waals surface area (Å²) in [5, 5.41) is 9.05. The number of hydrogen-bond donors (Lipinski definition) is 1. The van der Waals surface area contributed by atoms with E-state index >= 15 is 0 Å². The highest BCUT2D eigenvalue weighted by atomic mass is 16.4. The first-order chi connectivity index (χ1) is 8.15. The molecule has 1 aromatic heterocycles. The topological polar surface area (TPSA) is 59.3 Å². The van der Waals surface area contributed by atoms with Gasteiger partial charge >= 0.3 is 5.97 Å². The number of nitrogens with zero attached hydrogens (tertiary/aromatic N) is 1. The number of carbonyl (C=O) groups is 1. The number of carboxylic acid groups (broad SMARTS) is 1. The van der Waals surface area contributed by atoms with E-state index in [2.05, 4.69) is 0 Å². The Balaban J connectivity index is 2.64. The van der Waals surface area contributed by atoms with Gasteiger partial charge in [-0.1, -0.05) is 6.92 Å². The molecule has 0 fully saturated rings. The molecular formula is C13H17NO3. The summed E-state index contributed by atoms with van der Waals surface area (Å²) in [6.45, 7) is 2.61. The van der Waals surface area contributed by atoms with Crippen molar-refractivity contribution in [2.45, 2.75) is 45.6 Å². The van der Waals surface area contributed by atoms with Crippen LogP contribution in [0.3, 0.4) is 0 Å². The lowest BCUT2D eigenvalue weighted by Crippen LogP contribution is -2.31. The van der Waals surface area contributed by atoms with Gasteiger partial charge in [0.25, 0.3) is 5.56 Å². The molecule has 4 nitrogen and oxygen atoms in total. The highest BCUT2D eigenvalue weighted by Gasteiger charge is 2.20. The van der Waals surface area contributed by atoms with Crippen molar-refractivity contribution in [3.8, 4) is 0 Å². The molecule has 0 unspecified atom stereocenters. The molecule has 1 heterocycles. The molecular weight excluding hydrogens is 218 g/mol. The molecule has 4 heteroatoms. The number of carboxylic acids is 1. The molecule has 1 N–H and O–H groups in total. The Hall–Kier alpha value is -1.58. The molecule has 0 spiro atoms. The van der Waals surface area contributed by atoms with Crippen molar-refractivity contribution in [2.24, 2.45) is 0 Å². The number of fused-ring (bicyclic) bond motifs is 1. The average molecular weight is 235 g/mol. The van der Waals surface area contributed by atoms with Crippen molar-refractivity contribution in [3.63, 3.8) is 0 Å². The summed E-state index contributed by atoms with van der Waals surface area (Å²) >= 11 is 0. The van der Waals surface area contributed by atoms with Gasteiger partial charge in [-0.3, -0.25) is 4.79 Å². The van der Waals surface area contributed by atoms with Crippen molar-refractivity contribution in [3.05, 3.63) is 33.2 Å². The summed E-state index contributed by atoms with van der Waals surface area (Å²) in [5.41, 5.74) is 1.66. The van der Waals surface area contributed by atoms with Gasteiger partial charge in [-0.25, -0.2) is 4.79 Å². The van der Waals surface area contributed by atoms with Gasteiger partial charge < -0.3 is 9.67 Å². The van der Waals surface area contributed by atoms with Gasteiger partial charge in [0.2, 0.25) is 0 Å². The molecule has 1 aliphatic carbocycles. The fourth-order valence-electron chi connectivity index (χ4n) is 2.49. The summed E-state index contributed by atoms with van der Waals surface area (Å²) in [6.07, 6.45) is 4.79. The Morgan fingerprint density at radius 2 is 2.12 bits per heavy atom. The summed E-state index contributed by atoms with van der Waals surface area (Å²) in [4.78, 5) is 23.1. The third-order valence-electron chi connectivity index (χ3n) is 3.28. The summed E-state index contributed by atoms with van der Waals surface area (Å²) in [6, 6.07) is 1.57. The lowest BCUT2D eigenvalue weighted by Gasteiger charge is -2.21. The molecule has 1 aromatic rings. The van der Waals surface area contributed by atoms with Crippen LogP contribution < -0.4 is 5.56 Å². The second kappa shape index (κ2) is 4.73. The summed E-state index contributed by atoms with van der Waals surface area (Å²) in [5.74, 6) is -1.12. The highest BCUT2D eigenvalue weighted by molar-refractivity contribution is 5.87. The molecule has 0 radical (unpaired) electrons. The van der Waals surface area contributed by atoms with Gasteiger partial charge in [-0.05, 0) is 43.7 Å². The first-order valence-corrected chi connectivity index (χ1v) is 6.14. The minimum absolute atomic E-state index is 0.0842. The van der Waals surface area contributed by atoms with E-state index < -0.39 is 5.97 Å². The number of aromatic nitrogens is 1. The molecule has 92 valence electrons. The van der Waals surface area contributed by atoms with E-state index in [1.54, 1.807) is 10.6 Å². The number of rotatable bonds is 3. The first-order valence-electron chi connectivity index (χ1n) is 6.14. The molecule has 0 bridgehead atoms. The maximum Gasteiger partial charge on any atom is 0.341 e. The third kappa shape index (κ3) is 2.12. The number of aromatic carboxylic acids is 1. The average Bonchev–Trinajstić information content (AvgIpc) is 2.32. The van der Waals surface area contributed by atoms with Crippen LogP contribution in [0.4, 0.5) is 0 Å². The highest BCUT2D eigenvalue weighted by Crippen LogP contribution is 2.21. The van der Waals surface area contributed by atoms with Gasteiger partial charge in [0.05, 0.1) is 0 Å². The zero-order chi connectivity index (χ0) is 12.4. The van der Waals surface area contributed by atoms with E-state index in [0.29, 0.717) is 6.54 Å². The van der Waals surface area contributed by atoms with Crippen molar-refractivity contribution < 1.29 is 9.90 Å². The fraction of sp³-hybridized carbons (Fsp3) is 0.538. The normalized spacial score (nSPS) is 14.4. The van der Waals surface area contributed by atoms with Crippen LogP contribution in [0.1, 0.15) is 47.8 Å². The minimum atomic E-state index is -1.12. The monoisotopic (exact) mass is 235 g/mol. The van der Waals surface area contributed by atoms with E-state index in [1.165, 1.54) is 0 Å². The van der Waals surface area contributed by atoms with Crippen LogP contribution >= 0.6 is 0 Å². The minimum Gasteiger partial charge on any atom is -0.477 e. The predicted molar refractivity (Wildman–Crippen MR) is 64.6 cm³/mol. The molecule has 1 aliphatic rings. The standard InChI is InChI=1S/C13H17NO3/c1-2-7-14-11-6-4-3-5-9(11)8-10(12(14)15)13(16)17/h8H,2-7H2,1H3,(H,16,17). The summed E-state index contributed by atoms with van der Waals surface area (Å²) < 4.78 is 1.66. The Bertz CT molecular complexity index is 502. The smallest absolute Gasteiger partial charge is 0.341 e. The van der Waals surface area contributed by atoms with Gasteiger partial charge in [0.15, 0.2) is 0 Å². The Kier molecular flexibility index (Phi) is 3.31. The fourth-order valence-corrected chi connectivity index (χ4v) is 2.49. The maximum atomic E-state index is 12.1. The van der Waals surface area contributed by atoms with Crippen molar-refractivity contribution in [1.82, 2.24) is 4.57 Å². The van der Waals surface area contributed by atoms with Crippen molar-refractivity contribution in [2.75, 3.05) is 0 Å². The molecule has 2 rings (SSSR count). The van der Waals surface area contributed by atoms with Crippen molar-refractivity contribution >= 4 is 5.97 Å². The Morgan fingerprint density at radius 3 is 2.76 bits per heavy atom. The third-order valence-corrected chi connectivity index (χ3v) is 3.28. The predicted octanol–water partition coefficient (Wildman–Crippen LogP) is 1.84. The van der Waals surface area contributed by atoms with Gasteiger partial charge in [-0.2, -0.15) is 0 Å². The molecule has 0 aliphatic heterocycles. The number of hydrogen-bond acceptors (Lipinski definition) is 2. The van der Waals surface area contributed by atoms with Crippen LogP contribution in [0, 0.1) is 0 Å². The van der Waals surface area contributed by atoms with E-state index in [9.17, 15) is 9.59 Å². The van der Waals surface area contributed by atoms with Gasteiger partial charge in [0.1, 0.15) is 5.56 Å². The molecule has 0 saturated heterocycles. The summed E-state index contributed by atoms with van der Waals surface area (Å²) in [7, 11) is 0. The quantitative estimate of drug-likeness (QED) is 0.869. The van der Waals surface area contributed by atoms with Crippen LogP contribution in [-0.4, -0.2) is 15.6 Å². The molecule has 0 atom stereocenters. The number of pyridine rings is 1. The van der Waals surface area contributed by atoms with Crippen LogP contribution in [0.25, 0.3) is 0 Å². The first kappa shape index (κ1) is 11.9. The van der Waals surface area contributed by atoms with Crippen molar-refractivity contribution in [1.29, 1.82) is 0 Å². The van der Waals surface area contributed by atoms with Gasteiger partial charge in [0, 0.05) is 12.2 Å². The SMILES string of the molecule is CCCn1c2c(cc(C(=O)O)c1=O)CCCC2. The van der Waals surface area contributed by atoms with Crippen LogP contribution in [0.2, 0.25) is 0 Å². The molecule has 0 amide bonds. The molecule has 17 heavy (non-hydrogen) atoms. The lowest BCUT2D eigenvalue weighted by molar-refractivity contribution is 0.0694. The van der Waals surface area contributed by atoms with Crippen LogP contribution in [0.15, 0.2) is 10.9 Å². The van der Waals surface area contributed by atoms with Crippen LogP contribution in [0.5, 0.6) is 0 Å². The Labute approximate surface area is 99.9 Å². The van der Waals surface area contributed by atoms with E-state index in [0.717, 1.165) is 43.4 Å². The molecule has 0 aromatic carbocycles. The maximum absolute atomic E-state index is 12.1. The Morgan fingerprint density at radius 1 is 1.41 bits per heavy atom. The van der Waals surface area contributed by atoms with E-state index in [4.69, 9.17) is 5.11 Å².